The van der Waals surface area contributed by atoms with Gasteiger partial charge in [0.2, 0.25) is 5.91 Å². The van der Waals surface area contributed by atoms with E-state index in [2.05, 4.69) is 15.3 Å². The number of amides is 1. The Bertz CT molecular complexity index is 813. The number of hydrogen-bond acceptors (Lipinski definition) is 3. The summed E-state index contributed by atoms with van der Waals surface area (Å²) in [5, 5.41) is 2.93. The van der Waals surface area contributed by atoms with Gasteiger partial charge >= 0.3 is 0 Å². The number of benzene rings is 2. The normalized spacial score (nSPS) is 10.4. The van der Waals surface area contributed by atoms with Crippen molar-refractivity contribution in [2.24, 2.45) is 0 Å². The van der Waals surface area contributed by atoms with Crippen molar-refractivity contribution in [2.45, 2.75) is 12.8 Å². The number of imidazole rings is 1. The van der Waals surface area contributed by atoms with Gasteiger partial charge in [-0.1, -0.05) is 24.3 Å². The Labute approximate surface area is 140 Å². The van der Waals surface area contributed by atoms with Crippen molar-refractivity contribution < 1.29 is 9.53 Å². The SMILES string of the molecule is COc1cccc(CCC(=O)Nc2cccc(-c3ncc[nH]3)c2)c1. The van der Waals surface area contributed by atoms with Gasteiger partial charge in [-0.3, -0.25) is 4.79 Å². The van der Waals surface area contributed by atoms with Crippen molar-refractivity contribution in [1.29, 1.82) is 0 Å². The molecular weight excluding hydrogens is 302 g/mol. The van der Waals surface area contributed by atoms with Crippen molar-refractivity contribution >= 4 is 11.6 Å². The monoisotopic (exact) mass is 321 g/mol. The lowest BCUT2D eigenvalue weighted by molar-refractivity contribution is -0.116. The Balaban J connectivity index is 1.59. The smallest absolute Gasteiger partial charge is 0.224 e. The molecule has 0 aliphatic rings. The molecule has 0 spiro atoms. The standard InChI is InChI=1S/C19H19N3O2/c1-24-17-7-2-4-14(12-17)8-9-18(23)22-16-6-3-5-15(13-16)19-20-10-11-21-19/h2-7,10-13H,8-9H2,1H3,(H,20,21)(H,22,23). The molecule has 0 saturated heterocycles. The number of aromatic nitrogens is 2. The summed E-state index contributed by atoms with van der Waals surface area (Å²) in [5.74, 6) is 1.57. The summed E-state index contributed by atoms with van der Waals surface area (Å²) < 4.78 is 5.20. The van der Waals surface area contributed by atoms with E-state index >= 15 is 0 Å². The summed E-state index contributed by atoms with van der Waals surface area (Å²) in [6.45, 7) is 0. The number of aromatic amines is 1. The summed E-state index contributed by atoms with van der Waals surface area (Å²) in [6.07, 6.45) is 4.56. The van der Waals surface area contributed by atoms with Crippen LogP contribution in [0.25, 0.3) is 11.4 Å². The van der Waals surface area contributed by atoms with Crippen LogP contribution in [-0.4, -0.2) is 23.0 Å². The van der Waals surface area contributed by atoms with Gasteiger partial charge in [0.1, 0.15) is 11.6 Å². The predicted octanol–water partition coefficient (Wildman–Crippen LogP) is 3.66. The van der Waals surface area contributed by atoms with Gasteiger partial charge in [-0.15, -0.1) is 0 Å². The molecule has 5 nitrogen and oxygen atoms in total. The Morgan fingerprint density at radius 3 is 2.88 bits per heavy atom. The Hall–Kier alpha value is -3.08. The first-order valence-corrected chi connectivity index (χ1v) is 7.77. The van der Waals surface area contributed by atoms with E-state index in [-0.39, 0.29) is 5.91 Å². The molecule has 3 aromatic rings. The largest absolute Gasteiger partial charge is 0.497 e. The van der Waals surface area contributed by atoms with Crippen LogP contribution in [0.15, 0.2) is 60.9 Å². The molecule has 0 bridgehead atoms. The number of methoxy groups -OCH3 is 1. The average Bonchev–Trinajstić information content (AvgIpc) is 3.15. The van der Waals surface area contributed by atoms with Gasteiger partial charge in [-0.2, -0.15) is 0 Å². The minimum Gasteiger partial charge on any atom is -0.497 e. The van der Waals surface area contributed by atoms with Gasteiger partial charge < -0.3 is 15.0 Å². The van der Waals surface area contributed by atoms with Gasteiger partial charge in [-0.25, -0.2) is 4.98 Å². The van der Waals surface area contributed by atoms with E-state index in [4.69, 9.17) is 4.74 Å². The van der Waals surface area contributed by atoms with Gasteiger partial charge in [0.25, 0.3) is 0 Å². The number of anilines is 1. The van der Waals surface area contributed by atoms with E-state index in [0.717, 1.165) is 28.4 Å². The molecule has 24 heavy (non-hydrogen) atoms. The number of ether oxygens (including phenoxy) is 1. The summed E-state index contributed by atoms with van der Waals surface area (Å²) >= 11 is 0. The number of aryl methyl sites for hydroxylation is 1. The van der Waals surface area contributed by atoms with Crippen LogP contribution in [0.3, 0.4) is 0 Å². The molecule has 0 aliphatic heterocycles. The first-order chi connectivity index (χ1) is 11.7. The topological polar surface area (TPSA) is 67.0 Å². The van der Waals surface area contributed by atoms with E-state index in [1.807, 2.05) is 48.5 Å². The van der Waals surface area contributed by atoms with Gasteiger partial charge in [0.15, 0.2) is 0 Å². The van der Waals surface area contributed by atoms with E-state index in [9.17, 15) is 4.79 Å². The quantitative estimate of drug-likeness (QED) is 0.728. The number of carbonyl (C=O) groups is 1. The molecule has 1 aromatic heterocycles. The number of carbonyl (C=O) groups excluding carboxylic acids is 1. The first-order valence-electron chi connectivity index (χ1n) is 7.77. The Morgan fingerprint density at radius 1 is 1.21 bits per heavy atom. The molecule has 2 N–H and O–H groups in total. The third-order valence-corrected chi connectivity index (χ3v) is 3.69. The molecule has 122 valence electrons. The highest BCUT2D eigenvalue weighted by Crippen LogP contribution is 2.19. The number of nitrogens with one attached hydrogen (secondary N) is 2. The van der Waals surface area contributed by atoms with Crippen LogP contribution < -0.4 is 10.1 Å². The van der Waals surface area contributed by atoms with Crippen molar-refractivity contribution in [2.75, 3.05) is 12.4 Å². The van der Waals surface area contributed by atoms with Crippen LogP contribution in [0.5, 0.6) is 5.75 Å². The van der Waals surface area contributed by atoms with Gasteiger partial charge in [0.05, 0.1) is 7.11 Å². The van der Waals surface area contributed by atoms with Crippen LogP contribution in [0.1, 0.15) is 12.0 Å². The van der Waals surface area contributed by atoms with E-state index in [0.29, 0.717) is 12.8 Å². The fourth-order valence-electron chi connectivity index (χ4n) is 2.48. The molecule has 3 rings (SSSR count). The fourth-order valence-corrected chi connectivity index (χ4v) is 2.48. The molecule has 0 saturated carbocycles. The minimum atomic E-state index is -0.0191. The van der Waals surface area contributed by atoms with Crippen LogP contribution in [-0.2, 0) is 11.2 Å². The molecule has 0 atom stereocenters. The van der Waals surface area contributed by atoms with Crippen molar-refractivity contribution in [3.63, 3.8) is 0 Å². The summed E-state index contributed by atoms with van der Waals surface area (Å²) in [7, 11) is 1.64. The molecule has 5 heteroatoms. The average molecular weight is 321 g/mol. The van der Waals surface area contributed by atoms with Crippen LogP contribution in [0, 0.1) is 0 Å². The van der Waals surface area contributed by atoms with E-state index in [1.165, 1.54) is 0 Å². The Kier molecular flexibility index (Phi) is 4.91. The van der Waals surface area contributed by atoms with E-state index < -0.39 is 0 Å². The predicted molar refractivity (Wildman–Crippen MR) is 94.0 cm³/mol. The summed E-state index contributed by atoms with van der Waals surface area (Å²) in [6, 6.07) is 15.4. The third-order valence-electron chi connectivity index (χ3n) is 3.69. The lowest BCUT2D eigenvalue weighted by Gasteiger charge is -2.07. The number of nitrogens with zero attached hydrogens (tertiary/aromatic N) is 1. The maximum Gasteiger partial charge on any atom is 0.224 e. The maximum absolute atomic E-state index is 12.2. The van der Waals surface area contributed by atoms with Crippen molar-refractivity contribution in [1.82, 2.24) is 9.97 Å². The lowest BCUT2D eigenvalue weighted by Crippen LogP contribution is -2.12. The molecule has 0 aliphatic carbocycles. The second-order valence-corrected chi connectivity index (χ2v) is 5.42. The Morgan fingerprint density at radius 2 is 2.08 bits per heavy atom. The van der Waals surface area contributed by atoms with Crippen LogP contribution >= 0.6 is 0 Å². The highest BCUT2D eigenvalue weighted by molar-refractivity contribution is 5.91. The highest BCUT2D eigenvalue weighted by Gasteiger charge is 2.06. The van der Waals surface area contributed by atoms with Crippen LogP contribution in [0.4, 0.5) is 5.69 Å². The zero-order valence-electron chi connectivity index (χ0n) is 13.5. The zero-order valence-corrected chi connectivity index (χ0v) is 13.5. The first kappa shape index (κ1) is 15.8. The summed E-state index contributed by atoms with van der Waals surface area (Å²) in [5.41, 5.74) is 2.78. The third kappa shape index (κ3) is 4.01. The van der Waals surface area contributed by atoms with Gasteiger partial charge in [-0.05, 0) is 36.2 Å². The molecule has 0 radical (unpaired) electrons. The maximum atomic E-state index is 12.2. The molecule has 1 amide bonds. The van der Waals surface area contributed by atoms with Crippen molar-refractivity contribution in [3.05, 3.63) is 66.5 Å². The minimum absolute atomic E-state index is 0.0191. The highest BCUT2D eigenvalue weighted by atomic mass is 16.5. The summed E-state index contributed by atoms with van der Waals surface area (Å²) in [4.78, 5) is 19.4. The van der Waals surface area contributed by atoms with Crippen molar-refractivity contribution in [3.8, 4) is 17.1 Å². The molecule has 1 heterocycles. The number of hydrogen-bond donors (Lipinski definition) is 2. The molecular formula is C19H19N3O2. The van der Waals surface area contributed by atoms with E-state index in [1.54, 1.807) is 19.5 Å². The second kappa shape index (κ2) is 7.46. The fraction of sp³-hybridized carbons (Fsp3) is 0.158. The van der Waals surface area contributed by atoms with Gasteiger partial charge in [0, 0.05) is 30.1 Å². The zero-order chi connectivity index (χ0) is 16.8. The molecule has 0 fully saturated rings. The second-order valence-electron chi connectivity index (χ2n) is 5.42. The molecule has 0 unspecified atom stereocenters. The molecule has 2 aromatic carbocycles. The van der Waals surface area contributed by atoms with Crippen LogP contribution in [0.2, 0.25) is 0 Å². The number of rotatable bonds is 6. The number of H-pyrrole nitrogens is 1. The lowest BCUT2D eigenvalue weighted by atomic mass is 10.1.